The first-order valence-electron chi connectivity index (χ1n) is 5.91. The molecule has 2 rings (SSSR count). The fourth-order valence-electron chi connectivity index (χ4n) is 1.66. The third kappa shape index (κ3) is 4.53. The topological polar surface area (TPSA) is 83.5 Å². The summed E-state index contributed by atoms with van der Waals surface area (Å²) in [6.07, 6.45) is -0.137. The van der Waals surface area contributed by atoms with Gasteiger partial charge >= 0.3 is 5.97 Å². The standard InChI is InChI=1S/C13H12ClNO4S2/c14-12-6-3-10(20-12)8-15-21(18,19)11-4-1-9(2-5-11)7-13(16)17/h1-6,15H,7-8H2,(H,16,17). The molecule has 8 heteroatoms. The van der Waals surface area contributed by atoms with Crippen molar-refractivity contribution < 1.29 is 18.3 Å². The molecule has 0 saturated carbocycles. The first-order chi connectivity index (χ1) is 9.87. The van der Waals surface area contributed by atoms with Gasteiger partial charge in [0.25, 0.3) is 0 Å². The second-order valence-electron chi connectivity index (χ2n) is 4.24. The van der Waals surface area contributed by atoms with Crippen LogP contribution < -0.4 is 4.72 Å². The minimum absolute atomic E-state index is 0.0966. The van der Waals surface area contributed by atoms with Crippen LogP contribution in [0.2, 0.25) is 4.34 Å². The molecule has 21 heavy (non-hydrogen) atoms. The van der Waals surface area contributed by atoms with Crippen molar-refractivity contribution in [3.63, 3.8) is 0 Å². The highest BCUT2D eigenvalue weighted by Gasteiger charge is 2.14. The van der Waals surface area contributed by atoms with Gasteiger partial charge in [-0.05, 0) is 29.8 Å². The Morgan fingerprint density at radius 3 is 2.38 bits per heavy atom. The molecule has 0 spiro atoms. The molecule has 2 aromatic rings. The van der Waals surface area contributed by atoms with Gasteiger partial charge in [-0.15, -0.1) is 11.3 Å². The number of nitrogens with one attached hydrogen (secondary N) is 1. The molecular formula is C13H12ClNO4S2. The SMILES string of the molecule is O=C(O)Cc1ccc(S(=O)(=O)NCc2ccc(Cl)s2)cc1. The Hall–Kier alpha value is -1.41. The molecule has 0 radical (unpaired) electrons. The predicted octanol–water partition coefficient (Wildman–Crippen LogP) is 2.51. The molecular weight excluding hydrogens is 334 g/mol. The molecule has 112 valence electrons. The highest BCUT2D eigenvalue weighted by Crippen LogP contribution is 2.21. The van der Waals surface area contributed by atoms with Gasteiger partial charge in [0.05, 0.1) is 15.7 Å². The molecule has 1 aromatic heterocycles. The number of rotatable bonds is 6. The van der Waals surface area contributed by atoms with Gasteiger partial charge in [-0.25, -0.2) is 13.1 Å². The van der Waals surface area contributed by atoms with Crippen LogP contribution in [0.1, 0.15) is 10.4 Å². The van der Waals surface area contributed by atoms with Gasteiger partial charge < -0.3 is 5.11 Å². The molecule has 0 aliphatic carbocycles. The van der Waals surface area contributed by atoms with E-state index in [0.717, 1.165) is 4.88 Å². The van der Waals surface area contributed by atoms with E-state index in [1.807, 2.05) is 0 Å². The maximum absolute atomic E-state index is 12.1. The third-order valence-electron chi connectivity index (χ3n) is 2.65. The minimum atomic E-state index is -3.63. The predicted molar refractivity (Wildman–Crippen MR) is 81.1 cm³/mol. The zero-order valence-corrected chi connectivity index (χ0v) is 13.1. The number of sulfonamides is 1. The summed E-state index contributed by atoms with van der Waals surface area (Å²) >= 11 is 7.09. The Balaban J connectivity index is 2.06. The number of halogens is 1. The number of carbonyl (C=O) groups is 1. The Kier molecular flexibility index (Phi) is 5.00. The number of benzene rings is 1. The molecule has 0 unspecified atom stereocenters. The summed E-state index contributed by atoms with van der Waals surface area (Å²) in [4.78, 5) is 11.5. The van der Waals surface area contributed by atoms with Crippen LogP contribution >= 0.6 is 22.9 Å². The van der Waals surface area contributed by atoms with Crippen LogP contribution in [-0.2, 0) is 27.8 Å². The van der Waals surface area contributed by atoms with Crippen molar-refractivity contribution in [3.8, 4) is 0 Å². The molecule has 2 N–H and O–H groups in total. The van der Waals surface area contributed by atoms with Crippen molar-refractivity contribution in [3.05, 3.63) is 51.2 Å². The van der Waals surface area contributed by atoms with Crippen LogP contribution in [0, 0.1) is 0 Å². The summed E-state index contributed by atoms with van der Waals surface area (Å²) in [5.41, 5.74) is 0.548. The molecule has 0 aliphatic heterocycles. The quantitative estimate of drug-likeness (QED) is 0.842. The van der Waals surface area contributed by atoms with E-state index in [0.29, 0.717) is 9.90 Å². The third-order valence-corrected chi connectivity index (χ3v) is 5.30. The molecule has 0 atom stereocenters. The Morgan fingerprint density at radius 2 is 1.86 bits per heavy atom. The van der Waals surface area contributed by atoms with Gasteiger partial charge in [0.1, 0.15) is 0 Å². The minimum Gasteiger partial charge on any atom is -0.481 e. The van der Waals surface area contributed by atoms with Crippen molar-refractivity contribution in [2.75, 3.05) is 0 Å². The van der Waals surface area contributed by atoms with Gasteiger partial charge in [-0.2, -0.15) is 0 Å². The van der Waals surface area contributed by atoms with E-state index in [9.17, 15) is 13.2 Å². The highest BCUT2D eigenvalue weighted by molar-refractivity contribution is 7.89. The Morgan fingerprint density at radius 1 is 1.19 bits per heavy atom. The van der Waals surface area contributed by atoms with Crippen molar-refractivity contribution in [1.82, 2.24) is 4.72 Å². The zero-order chi connectivity index (χ0) is 15.5. The van der Waals surface area contributed by atoms with Crippen molar-refractivity contribution in [2.45, 2.75) is 17.9 Å². The first-order valence-corrected chi connectivity index (χ1v) is 8.59. The van der Waals surface area contributed by atoms with Crippen molar-refractivity contribution >= 4 is 38.9 Å². The fourth-order valence-corrected chi connectivity index (χ4v) is 3.78. The normalized spacial score (nSPS) is 11.5. The number of aliphatic carboxylic acids is 1. The molecule has 0 saturated heterocycles. The smallest absolute Gasteiger partial charge is 0.307 e. The molecule has 0 bridgehead atoms. The van der Waals surface area contributed by atoms with E-state index in [-0.39, 0.29) is 17.9 Å². The van der Waals surface area contributed by atoms with Gasteiger partial charge in [0.15, 0.2) is 0 Å². The molecule has 5 nitrogen and oxygen atoms in total. The van der Waals surface area contributed by atoms with Crippen LogP contribution in [-0.4, -0.2) is 19.5 Å². The largest absolute Gasteiger partial charge is 0.481 e. The zero-order valence-electron chi connectivity index (χ0n) is 10.7. The monoisotopic (exact) mass is 345 g/mol. The van der Waals surface area contributed by atoms with Crippen LogP contribution in [0.5, 0.6) is 0 Å². The first kappa shape index (κ1) is 16.0. The van der Waals surface area contributed by atoms with Crippen LogP contribution in [0.3, 0.4) is 0 Å². The van der Waals surface area contributed by atoms with Crippen molar-refractivity contribution in [1.29, 1.82) is 0 Å². The highest BCUT2D eigenvalue weighted by atomic mass is 35.5. The summed E-state index contributed by atoms with van der Waals surface area (Å²) in [7, 11) is -3.63. The summed E-state index contributed by atoms with van der Waals surface area (Å²) in [5.74, 6) is -0.960. The lowest BCUT2D eigenvalue weighted by Crippen LogP contribution is -2.22. The summed E-state index contributed by atoms with van der Waals surface area (Å²) in [6.45, 7) is 0.163. The van der Waals surface area contributed by atoms with Crippen molar-refractivity contribution in [2.24, 2.45) is 0 Å². The lowest BCUT2D eigenvalue weighted by atomic mass is 10.2. The fraction of sp³-hybridized carbons (Fsp3) is 0.154. The van der Waals surface area contributed by atoms with Crippen LogP contribution in [0.25, 0.3) is 0 Å². The summed E-state index contributed by atoms with van der Waals surface area (Å²) in [6, 6.07) is 9.22. The van der Waals surface area contributed by atoms with Crippen LogP contribution in [0.15, 0.2) is 41.3 Å². The van der Waals surface area contributed by atoms with Gasteiger partial charge in [0, 0.05) is 11.4 Å². The molecule has 0 fully saturated rings. The average Bonchev–Trinajstić information content (AvgIpc) is 2.82. The molecule has 0 amide bonds. The lowest BCUT2D eigenvalue weighted by molar-refractivity contribution is -0.136. The number of hydrogen-bond acceptors (Lipinski definition) is 4. The summed E-state index contributed by atoms with van der Waals surface area (Å²) in [5, 5.41) is 8.67. The average molecular weight is 346 g/mol. The van der Waals surface area contributed by atoms with E-state index in [4.69, 9.17) is 16.7 Å². The maximum atomic E-state index is 12.1. The number of carboxylic acids is 1. The maximum Gasteiger partial charge on any atom is 0.307 e. The van der Waals surface area contributed by atoms with E-state index in [2.05, 4.69) is 4.72 Å². The molecule has 0 aliphatic rings. The number of thiophene rings is 1. The lowest BCUT2D eigenvalue weighted by Gasteiger charge is -2.06. The second-order valence-corrected chi connectivity index (χ2v) is 7.81. The summed E-state index contributed by atoms with van der Waals surface area (Å²) < 4.78 is 27.3. The van der Waals surface area contributed by atoms with Crippen LogP contribution in [0.4, 0.5) is 0 Å². The Labute approximate surface area is 131 Å². The van der Waals surface area contributed by atoms with Gasteiger partial charge in [0.2, 0.25) is 10.0 Å². The molecule has 1 heterocycles. The van der Waals surface area contributed by atoms with E-state index >= 15 is 0 Å². The van der Waals surface area contributed by atoms with Gasteiger partial charge in [-0.1, -0.05) is 23.7 Å². The number of hydrogen-bond donors (Lipinski definition) is 2. The van der Waals surface area contributed by atoms with Gasteiger partial charge in [-0.3, -0.25) is 4.79 Å². The van der Waals surface area contributed by atoms with E-state index < -0.39 is 16.0 Å². The molecule has 1 aromatic carbocycles. The van der Waals surface area contributed by atoms with E-state index in [1.54, 1.807) is 12.1 Å². The number of carboxylic acid groups (broad SMARTS) is 1. The van der Waals surface area contributed by atoms with E-state index in [1.165, 1.54) is 35.6 Å². The second kappa shape index (κ2) is 6.57. The Bertz CT molecular complexity index is 738.